The monoisotopic (exact) mass is 413 g/mol. The molecule has 1 unspecified atom stereocenters. The van der Waals surface area contributed by atoms with Crippen LogP contribution in [0.2, 0.25) is 0 Å². The maximum Gasteiger partial charge on any atom is 0.300 e. The molecule has 1 aromatic carbocycles. The third-order valence-corrected chi connectivity index (χ3v) is 4.02. The van der Waals surface area contributed by atoms with Crippen molar-refractivity contribution in [3.8, 4) is 11.8 Å². The molecular weight excluding hydrogens is 401 g/mol. The van der Waals surface area contributed by atoms with Crippen LogP contribution < -0.4 is 11.2 Å². The number of hydrogen-bond acceptors (Lipinski definition) is 6. The lowest BCUT2D eigenvalue weighted by molar-refractivity contribution is -0.803. The number of aliphatic imine (C=N–C) groups is 2. The standard InChI is InChI=1S/C19H11F3N6O2/c20-11-7-13(21)17(14(22)8-11)19(29)24-5-1-3-12-10-28(23)16(9-25-12)26-18(27-28)15-4-2-6-30-15/h2,4,6-10H,5,23H2/p+1. The second-order valence-corrected chi connectivity index (χ2v) is 6.11. The largest absolute Gasteiger partial charge is 0.461 e. The predicted molar refractivity (Wildman–Crippen MR) is 100 cm³/mol. The van der Waals surface area contributed by atoms with E-state index in [4.69, 9.17) is 10.3 Å². The number of nitrogens with zero attached hydrogens (tertiary/aromatic N) is 4. The average Bonchev–Trinajstić information content (AvgIpc) is 3.31. The first-order valence-corrected chi connectivity index (χ1v) is 8.45. The van der Waals surface area contributed by atoms with Gasteiger partial charge in [0.1, 0.15) is 29.2 Å². The van der Waals surface area contributed by atoms with E-state index < -0.39 is 33.6 Å². The van der Waals surface area contributed by atoms with Crippen molar-refractivity contribution in [1.82, 2.24) is 5.32 Å². The summed E-state index contributed by atoms with van der Waals surface area (Å²) in [4.78, 5) is 20.3. The zero-order valence-corrected chi connectivity index (χ0v) is 15.1. The van der Waals surface area contributed by atoms with Crippen molar-refractivity contribution in [1.29, 1.82) is 0 Å². The molecule has 4 rings (SSSR count). The number of halogens is 3. The first kappa shape index (κ1) is 19.3. The molecule has 0 radical (unpaired) electrons. The van der Waals surface area contributed by atoms with Gasteiger partial charge in [-0.1, -0.05) is 5.92 Å². The van der Waals surface area contributed by atoms with Crippen LogP contribution in [-0.4, -0.2) is 35.0 Å². The van der Waals surface area contributed by atoms with Gasteiger partial charge in [0.25, 0.3) is 17.6 Å². The molecule has 0 spiro atoms. The van der Waals surface area contributed by atoms with Crippen LogP contribution in [0.4, 0.5) is 13.2 Å². The molecule has 30 heavy (non-hydrogen) atoms. The van der Waals surface area contributed by atoms with Crippen molar-refractivity contribution in [2.75, 3.05) is 6.54 Å². The molecule has 0 saturated heterocycles. The Balaban J connectivity index is 1.44. The molecule has 2 aromatic rings. The van der Waals surface area contributed by atoms with Crippen LogP contribution >= 0.6 is 0 Å². The van der Waals surface area contributed by atoms with Crippen molar-refractivity contribution in [3.05, 3.63) is 71.2 Å². The summed E-state index contributed by atoms with van der Waals surface area (Å²) in [6.07, 6.45) is 4.31. The quantitative estimate of drug-likeness (QED) is 0.456. The molecule has 3 N–H and O–H groups in total. The zero-order chi connectivity index (χ0) is 21.3. The van der Waals surface area contributed by atoms with Gasteiger partial charge in [0.05, 0.1) is 12.8 Å². The van der Waals surface area contributed by atoms with Gasteiger partial charge < -0.3 is 9.73 Å². The van der Waals surface area contributed by atoms with Crippen LogP contribution in [0.25, 0.3) is 0 Å². The lowest BCUT2D eigenvalue weighted by Gasteiger charge is -2.17. The predicted octanol–water partition coefficient (Wildman–Crippen LogP) is 1.82. The molecule has 1 aromatic heterocycles. The third kappa shape index (κ3) is 3.64. The van der Waals surface area contributed by atoms with E-state index >= 15 is 0 Å². The number of allylic oxidation sites excluding steroid dienone is 1. The van der Waals surface area contributed by atoms with Gasteiger partial charge in [-0.05, 0) is 27.9 Å². The summed E-state index contributed by atoms with van der Waals surface area (Å²) in [5.41, 5.74) is -0.647. The number of rotatable bonds is 3. The molecule has 0 saturated carbocycles. The molecule has 3 heterocycles. The van der Waals surface area contributed by atoms with Crippen molar-refractivity contribution >= 4 is 23.8 Å². The first-order chi connectivity index (χ1) is 14.4. The van der Waals surface area contributed by atoms with Crippen molar-refractivity contribution in [2.24, 2.45) is 20.9 Å². The van der Waals surface area contributed by atoms with E-state index in [9.17, 15) is 18.0 Å². The number of hydrogen-bond donors (Lipinski definition) is 2. The van der Waals surface area contributed by atoms with E-state index in [1.54, 1.807) is 12.1 Å². The average molecular weight is 413 g/mol. The summed E-state index contributed by atoms with van der Waals surface area (Å²) in [6.45, 7) is -0.242. The Kier molecular flexibility index (Phi) is 4.78. The SMILES string of the molecule is N[N+]12C=C(C#CCNC(=O)c3c(F)cc(F)cc3F)N=CC1=NC(c1ccco1)=N2. The van der Waals surface area contributed by atoms with Crippen LogP contribution in [0, 0.1) is 29.3 Å². The Bertz CT molecular complexity index is 1200. The van der Waals surface area contributed by atoms with E-state index in [0.29, 0.717) is 29.6 Å². The van der Waals surface area contributed by atoms with Crippen molar-refractivity contribution < 1.29 is 27.1 Å². The Hall–Kier alpha value is -4.01. The molecule has 1 amide bonds. The topological polar surface area (TPSA) is 105 Å². The van der Waals surface area contributed by atoms with E-state index in [1.165, 1.54) is 18.7 Å². The van der Waals surface area contributed by atoms with E-state index in [1.807, 2.05) is 0 Å². The van der Waals surface area contributed by atoms with Gasteiger partial charge in [0, 0.05) is 12.1 Å². The Morgan fingerprint density at radius 3 is 2.73 bits per heavy atom. The molecular formula is C19H12F3N6O2+. The third-order valence-electron chi connectivity index (χ3n) is 4.02. The van der Waals surface area contributed by atoms with Gasteiger partial charge in [-0.2, -0.15) is 4.99 Å². The smallest absolute Gasteiger partial charge is 0.300 e. The van der Waals surface area contributed by atoms with Crippen LogP contribution in [0.5, 0.6) is 0 Å². The van der Waals surface area contributed by atoms with E-state index in [0.717, 1.165) is 0 Å². The number of furan rings is 1. The number of nitrogens with one attached hydrogen (secondary N) is 1. The second kappa shape index (κ2) is 7.43. The second-order valence-electron chi connectivity index (χ2n) is 6.11. The number of nitrogens with two attached hydrogens (primary N) is 1. The summed E-state index contributed by atoms with van der Waals surface area (Å²) in [6, 6.07) is 4.21. The lowest BCUT2D eigenvalue weighted by Crippen LogP contribution is -2.50. The molecule has 1 atom stereocenters. The first-order valence-electron chi connectivity index (χ1n) is 8.45. The summed E-state index contributed by atoms with van der Waals surface area (Å²) in [5.74, 6) is 7.72. The van der Waals surface area contributed by atoms with Gasteiger partial charge >= 0.3 is 0 Å². The van der Waals surface area contributed by atoms with Crippen molar-refractivity contribution in [3.63, 3.8) is 0 Å². The number of carbonyl (C=O) groups is 1. The minimum Gasteiger partial charge on any atom is -0.461 e. The highest BCUT2D eigenvalue weighted by atomic mass is 19.1. The highest BCUT2D eigenvalue weighted by Gasteiger charge is 2.39. The van der Waals surface area contributed by atoms with Gasteiger partial charge in [-0.3, -0.25) is 4.79 Å². The number of amidine groups is 2. The molecule has 2 aliphatic rings. The number of fused-ring (bicyclic) bond motifs is 1. The lowest BCUT2D eigenvalue weighted by atomic mass is 10.2. The van der Waals surface area contributed by atoms with Crippen LogP contribution in [-0.2, 0) is 0 Å². The highest BCUT2D eigenvalue weighted by Crippen LogP contribution is 2.21. The maximum absolute atomic E-state index is 13.6. The highest BCUT2D eigenvalue weighted by molar-refractivity contribution is 6.31. The maximum atomic E-state index is 13.6. The number of benzene rings is 1. The fraction of sp³-hybridized carbons (Fsp3) is 0.0526. The number of quaternary nitrogens is 1. The molecule has 0 bridgehead atoms. The normalized spacial score (nSPS) is 19.3. The van der Waals surface area contributed by atoms with Gasteiger partial charge in [0.2, 0.25) is 0 Å². The molecule has 8 nitrogen and oxygen atoms in total. The van der Waals surface area contributed by atoms with Crippen LogP contribution in [0.3, 0.4) is 0 Å². The summed E-state index contributed by atoms with van der Waals surface area (Å²) in [7, 11) is 0. The Morgan fingerprint density at radius 1 is 1.27 bits per heavy atom. The molecule has 150 valence electrons. The molecule has 2 aliphatic heterocycles. The Labute approximate surface area is 167 Å². The molecule has 11 heteroatoms. The summed E-state index contributed by atoms with van der Waals surface area (Å²) >= 11 is 0. The van der Waals surface area contributed by atoms with Gasteiger partial charge in [-0.15, -0.1) is 5.84 Å². The van der Waals surface area contributed by atoms with E-state index in [2.05, 4.69) is 32.2 Å². The fourth-order valence-corrected chi connectivity index (χ4v) is 2.66. The van der Waals surface area contributed by atoms with Gasteiger partial charge in [-0.25, -0.2) is 18.2 Å². The number of amides is 1. The fourth-order valence-electron chi connectivity index (χ4n) is 2.66. The van der Waals surface area contributed by atoms with Crippen molar-refractivity contribution in [2.45, 2.75) is 0 Å². The molecule has 0 fully saturated rings. The molecule has 0 aliphatic carbocycles. The van der Waals surface area contributed by atoms with Crippen LogP contribution in [0.1, 0.15) is 16.1 Å². The zero-order valence-electron chi connectivity index (χ0n) is 15.1. The minimum atomic E-state index is -1.31. The van der Waals surface area contributed by atoms with Gasteiger partial charge in [0.15, 0.2) is 17.7 Å². The number of carbonyl (C=O) groups excluding carboxylic acids is 1. The van der Waals surface area contributed by atoms with Crippen LogP contribution in [0.15, 0.2) is 61.9 Å². The summed E-state index contributed by atoms with van der Waals surface area (Å²) < 4.78 is 44.9. The Morgan fingerprint density at radius 2 is 2.03 bits per heavy atom. The van der Waals surface area contributed by atoms with E-state index in [-0.39, 0.29) is 12.2 Å². The summed E-state index contributed by atoms with van der Waals surface area (Å²) in [5, 5.41) is 6.50. The minimum absolute atomic E-state index is 0.242.